The van der Waals surface area contributed by atoms with Gasteiger partial charge >= 0.3 is 11.8 Å². The number of aliphatic hydroxyl groups is 1. The van der Waals surface area contributed by atoms with Gasteiger partial charge < -0.3 is 15.7 Å². The number of amides is 2. The Bertz CT molecular complexity index is 392. The van der Waals surface area contributed by atoms with Crippen molar-refractivity contribution >= 4 is 29.1 Å². The molecule has 0 heterocycles. The summed E-state index contributed by atoms with van der Waals surface area (Å²) in [6, 6.07) is 6.42. The molecular weight excluding hydrogens is 244 g/mol. The van der Waals surface area contributed by atoms with Crippen LogP contribution >= 0.6 is 11.6 Å². The van der Waals surface area contributed by atoms with Gasteiger partial charge in [-0.3, -0.25) is 9.59 Å². The molecule has 0 aliphatic carbocycles. The largest absolute Gasteiger partial charge is 0.396 e. The van der Waals surface area contributed by atoms with Crippen molar-refractivity contribution in [3.05, 3.63) is 29.3 Å². The third kappa shape index (κ3) is 4.84. The van der Waals surface area contributed by atoms with Crippen LogP contribution in [-0.4, -0.2) is 30.1 Å². The molecular formula is C11H13ClN2O3. The molecule has 92 valence electrons. The molecule has 0 fully saturated rings. The number of anilines is 1. The highest BCUT2D eigenvalue weighted by molar-refractivity contribution is 6.39. The van der Waals surface area contributed by atoms with E-state index in [0.717, 1.165) is 0 Å². The zero-order valence-electron chi connectivity index (χ0n) is 9.07. The van der Waals surface area contributed by atoms with Crippen LogP contribution in [0.3, 0.4) is 0 Å². The molecule has 0 spiro atoms. The Morgan fingerprint density at radius 1 is 1.18 bits per heavy atom. The smallest absolute Gasteiger partial charge is 0.313 e. The number of rotatable bonds is 4. The zero-order valence-corrected chi connectivity index (χ0v) is 9.83. The highest BCUT2D eigenvalue weighted by Crippen LogP contribution is 2.12. The van der Waals surface area contributed by atoms with Crippen molar-refractivity contribution in [2.24, 2.45) is 0 Å². The number of nitrogens with one attached hydrogen (secondary N) is 2. The van der Waals surface area contributed by atoms with Crippen molar-refractivity contribution in [1.29, 1.82) is 0 Å². The van der Waals surface area contributed by atoms with Crippen LogP contribution in [0.25, 0.3) is 0 Å². The highest BCUT2D eigenvalue weighted by Gasteiger charge is 2.12. The standard InChI is InChI=1S/C11H13ClN2O3/c12-8-2-4-9(5-3-8)14-11(17)10(16)13-6-1-7-15/h2-5,15H,1,6-7H2,(H,13,16)(H,14,17). The predicted octanol–water partition coefficient (Wildman–Crippen LogP) is 0.777. The summed E-state index contributed by atoms with van der Waals surface area (Å²) in [6.07, 6.45) is 0.417. The van der Waals surface area contributed by atoms with Gasteiger partial charge in [-0.05, 0) is 30.7 Å². The van der Waals surface area contributed by atoms with Crippen LogP contribution in [0.2, 0.25) is 5.02 Å². The summed E-state index contributed by atoms with van der Waals surface area (Å²) in [5, 5.41) is 13.9. The number of hydrogen-bond acceptors (Lipinski definition) is 3. The van der Waals surface area contributed by atoms with E-state index in [9.17, 15) is 9.59 Å². The number of hydrogen-bond donors (Lipinski definition) is 3. The lowest BCUT2D eigenvalue weighted by atomic mass is 10.3. The van der Waals surface area contributed by atoms with Crippen LogP contribution in [0.1, 0.15) is 6.42 Å². The zero-order chi connectivity index (χ0) is 12.7. The van der Waals surface area contributed by atoms with Crippen molar-refractivity contribution < 1.29 is 14.7 Å². The second-order valence-corrected chi connectivity index (χ2v) is 3.73. The SMILES string of the molecule is O=C(NCCCO)C(=O)Nc1ccc(Cl)cc1. The third-order valence-electron chi connectivity index (χ3n) is 1.93. The number of halogens is 1. The van der Waals surface area contributed by atoms with Crippen LogP contribution in [0.15, 0.2) is 24.3 Å². The number of aliphatic hydroxyl groups excluding tert-OH is 1. The Hall–Kier alpha value is -1.59. The normalized spacial score (nSPS) is 9.76. The van der Waals surface area contributed by atoms with E-state index in [2.05, 4.69) is 10.6 Å². The van der Waals surface area contributed by atoms with Gasteiger partial charge in [-0.2, -0.15) is 0 Å². The minimum absolute atomic E-state index is 0.0287. The van der Waals surface area contributed by atoms with Crippen molar-refractivity contribution in [3.63, 3.8) is 0 Å². The maximum Gasteiger partial charge on any atom is 0.313 e. The molecule has 0 aliphatic rings. The first-order chi connectivity index (χ1) is 8.13. The van der Waals surface area contributed by atoms with E-state index in [1.165, 1.54) is 0 Å². The van der Waals surface area contributed by atoms with Crippen molar-refractivity contribution in [2.45, 2.75) is 6.42 Å². The summed E-state index contributed by atoms with van der Waals surface area (Å²) in [4.78, 5) is 22.6. The van der Waals surface area contributed by atoms with Crippen LogP contribution in [-0.2, 0) is 9.59 Å². The Morgan fingerprint density at radius 2 is 1.82 bits per heavy atom. The quantitative estimate of drug-likeness (QED) is 0.550. The second kappa shape index (κ2) is 6.88. The molecule has 1 rings (SSSR count). The molecule has 0 atom stereocenters. The average Bonchev–Trinajstić information content (AvgIpc) is 2.32. The van der Waals surface area contributed by atoms with Gasteiger partial charge in [0, 0.05) is 23.9 Å². The first-order valence-corrected chi connectivity index (χ1v) is 5.47. The maximum absolute atomic E-state index is 11.4. The van der Waals surface area contributed by atoms with E-state index in [-0.39, 0.29) is 13.2 Å². The van der Waals surface area contributed by atoms with Crippen LogP contribution in [0.5, 0.6) is 0 Å². The molecule has 0 unspecified atom stereocenters. The summed E-state index contributed by atoms with van der Waals surface area (Å²) in [5.41, 5.74) is 0.497. The van der Waals surface area contributed by atoms with Gasteiger partial charge in [0.15, 0.2) is 0 Å². The van der Waals surface area contributed by atoms with Gasteiger partial charge in [-0.15, -0.1) is 0 Å². The Morgan fingerprint density at radius 3 is 2.41 bits per heavy atom. The molecule has 0 aromatic heterocycles. The van der Waals surface area contributed by atoms with Crippen molar-refractivity contribution in [1.82, 2.24) is 5.32 Å². The third-order valence-corrected chi connectivity index (χ3v) is 2.18. The Labute approximate surface area is 104 Å². The molecule has 17 heavy (non-hydrogen) atoms. The van der Waals surface area contributed by atoms with Crippen LogP contribution in [0, 0.1) is 0 Å². The molecule has 6 heteroatoms. The summed E-state index contributed by atoms with van der Waals surface area (Å²) in [7, 11) is 0. The molecule has 5 nitrogen and oxygen atoms in total. The lowest BCUT2D eigenvalue weighted by molar-refractivity contribution is -0.136. The topological polar surface area (TPSA) is 78.4 Å². The van der Waals surface area contributed by atoms with E-state index in [1.54, 1.807) is 24.3 Å². The summed E-state index contributed by atoms with van der Waals surface area (Å²) < 4.78 is 0. The summed E-state index contributed by atoms with van der Waals surface area (Å²) >= 11 is 5.68. The first kappa shape index (κ1) is 13.5. The van der Waals surface area contributed by atoms with Gasteiger partial charge in [0.1, 0.15) is 0 Å². The first-order valence-electron chi connectivity index (χ1n) is 5.09. The van der Waals surface area contributed by atoms with E-state index in [0.29, 0.717) is 17.1 Å². The second-order valence-electron chi connectivity index (χ2n) is 3.29. The number of carbonyl (C=O) groups excluding carboxylic acids is 2. The van der Waals surface area contributed by atoms with Gasteiger partial charge in [-0.1, -0.05) is 11.6 Å². The molecule has 0 radical (unpaired) electrons. The fourth-order valence-electron chi connectivity index (χ4n) is 1.08. The molecule has 0 saturated heterocycles. The van der Waals surface area contributed by atoms with Gasteiger partial charge in [0.05, 0.1) is 0 Å². The van der Waals surface area contributed by atoms with Crippen LogP contribution < -0.4 is 10.6 Å². The number of carbonyl (C=O) groups is 2. The van der Waals surface area contributed by atoms with E-state index in [4.69, 9.17) is 16.7 Å². The molecule has 3 N–H and O–H groups in total. The average molecular weight is 257 g/mol. The summed E-state index contributed by atoms with van der Waals surface area (Å²) in [6.45, 7) is 0.239. The van der Waals surface area contributed by atoms with E-state index < -0.39 is 11.8 Å². The predicted molar refractivity (Wildman–Crippen MR) is 64.8 cm³/mol. The fourth-order valence-corrected chi connectivity index (χ4v) is 1.21. The van der Waals surface area contributed by atoms with Crippen LogP contribution in [0.4, 0.5) is 5.69 Å². The highest BCUT2D eigenvalue weighted by atomic mass is 35.5. The molecule has 0 bridgehead atoms. The van der Waals surface area contributed by atoms with Gasteiger partial charge in [0.25, 0.3) is 0 Å². The van der Waals surface area contributed by atoms with Crippen molar-refractivity contribution in [3.8, 4) is 0 Å². The van der Waals surface area contributed by atoms with E-state index in [1.807, 2.05) is 0 Å². The molecule has 0 aliphatic heterocycles. The molecule has 2 amide bonds. The molecule has 1 aromatic rings. The minimum atomic E-state index is -0.745. The molecule has 0 saturated carbocycles. The Balaban J connectivity index is 2.43. The maximum atomic E-state index is 11.4. The van der Waals surface area contributed by atoms with Gasteiger partial charge in [-0.25, -0.2) is 0 Å². The monoisotopic (exact) mass is 256 g/mol. The lowest BCUT2D eigenvalue weighted by Gasteiger charge is -2.05. The fraction of sp³-hybridized carbons (Fsp3) is 0.273. The molecule has 1 aromatic carbocycles. The lowest BCUT2D eigenvalue weighted by Crippen LogP contribution is -2.36. The Kier molecular flexibility index (Phi) is 5.45. The minimum Gasteiger partial charge on any atom is -0.396 e. The van der Waals surface area contributed by atoms with E-state index >= 15 is 0 Å². The van der Waals surface area contributed by atoms with Gasteiger partial charge in [0.2, 0.25) is 0 Å². The summed E-state index contributed by atoms with van der Waals surface area (Å²) in [5.74, 6) is -1.47. The van der Waals surface area contributed by atoms with Crippen molar-refractivity contribution in [2.75, 3.05) is 18.5 Å². The number of benzene rings is 1.